The maximum Gasteiger partial charge on any atom is 0.152 e. The Labute approximate surface area is 109 Å². The maximum atomic E-state index is 11.7. The lowest BCUT2D eigenvalue weighted by Gasteiger charge is -2.53. The van der Waals surface area contributed by atoms with E-state index in [1.165, 1.54) is 0 Å². The van der Waals surface area contributed by atoms with Gasteiger partial charge in [-0.15, -0.1) is 0 Å². The van der Waals surface area contributed by atoms with Crippen molar-refractivity contribution in [2.75, 3.05) is 11.5 Å². The zero-order valence-electron chi connectivity index (χ0n) is 11.1. The van der Waals surface area contributed by atoms with Crippen LogP contribution in [-0.2, 0) is 9.84 Å². The summed E-state index contributed by atoms with van der Waals surface area (Å²) in [5.41, 5.74) is -2.70. The zero-order valence-corrected chi connectivity index (χ0v) is 11.9. The zero-order chi connectivity index (χ0) is 13.7. The van der Waals surface area contributed by atoms with Gasteiger partial charge in [-0.25, -0.2) is 8.42 Å². The van der Waals surface area contributed by atoms with Gasteiger partial charge in [-0.1, -0.05) is 26.7 Å². The molecule has 0 amide bonds. The Kier molecular flexibility index (Phi) is 3.03. The number of hydrogen-bond donors (Lipinski definition) is 1. The highest BCUT2D eigenvalue weighted by Gasteiger charge is 2.63. The first-order valence-electron chi connectivity index (χ1n) is 6.52. The summed E-state index contributed by atoms with van der Waals surface area (Å²) < 4.78 is 23.5. The third-order valence-electron chi connectivity index (χ3n) is 5.02. The van der Waals surface area contributed by atoms with Gasteiger partial charge in [0.25, 0.3) is 0 Å². The Morgan fingerprint density at radius 1 is 1.17 bits per heavy atom. The minimum absolute atomic E-state index is 0.0267. The van der Waals surface area contributed by atoms with E-state index in [0.29, 0.717) is 6.42 Å². The van der Waals surface area contributed by atoms with E-state index in [1.807, 2.05) is 13.8 Å². The number of nitriles is 1. The lowest BCUT2D eigenvalue weighted by atomic mass is 9.54. The van der Waals surface area contributed by atoms with E-state index in [1.54, 1.807) is 0 Å². The second-order valence-corrected chi connectivity index (χ2v) is 8.67. The van der Waals surface area contributed by atoms with Crippen molar-refractivity contribution in [2.24, 2.45) is 10.8 Å². The Hall–Kier alpha value is -0.600. The molecule has 2 atom stereocenters. The molecular formula is C13H21NO3S. The number of aliphatic hydroxyl groups is 1. The van der Waals surface area contributed by atoms with Gasteiger partial charge < -0.3 is 5.11 Å². The van der Waals surface area contributed by atoms with Crippen LogP contribution in [0.15, 0.2) is 0 Å². The number of sulfone groups is 1. The molecule has 5 heteroatoms. The molecule has 2 fully saturated rings. The molecule has 1 heterocycles. The molecule has 4 nitrogen and oxygen atoms in total. The SMILES string of the molecule is CC1(C)CCCCC1(O)C1(C#N)CCS(=O)(=O)C1. The molecule has 2 aliphatic rings. The van der Waals surface area contributed by atoms with Gasteiger partial charge in [0.1, 0.15) is 5.41 Å². The highest BCUT2D eigenvalue weighted by molar-refractivity contribution is 7.91. The van der Waals surface area contributed by atoms with Crippen LogP contribution >= 0.6 is 0 Å². The van der Waals surface area contributed by atoms with Crippen LogP contribution in [0.2, 0.25) is 0 Å². The first kappa shape index (κ1) is 13.8. The standard InChI is InChI=1S/C13H21NO3S/c1-11(2)5-3-4-6-13(11,15)12(9-14)7-8-18(16,17)10-12/h15H,3-8,10H2,1-2H3. The Balaban J connectivity index is 2.48. The quantitative estimate of drug-likeness (QED) is 0.786. The minimum Gasteiger partial charge on any atom is -0.388 e. The van der Waals surface area contributed by atoms with Crippen molar-refractivity contribution in [3.8, 4) is 6.07 Å². The van der Waals surface area contributed by atoms with Gasteiger partial charge in [0.15, 0.2) is 9.84 Å². The summed E-state index contributed by atoms with van der Waals surface area (Å²) in [4.78, 5) is 0. The molecule has 1 saturated heterocycles. The van der Waals surface area contributed by atoms with Crippen molar-refractivity contribution in [3.05, 3.63) is 0 Å². The van der Waals surface area contributed by atoms with Crippen LogP contribution in [0.4, 0.5) is 0 Å². The first-order valence-corrected chi connectivity index (χ1v) is 8.34. The fraction of sp³-hybridized carbons (Fsp3) is 0.923. The van der Waals surface area contributed by atoms with E-state index in [2.05, 4.69) is 6.07 Å². The van der Waals surface area contributed by atoms with Crippen molar-refractivity contribution >= 4 is 9.84 Å². The maximum absolute atomic E-state index is 11.7. The fourth-order valence-corrected chi connectivity index (χ4v) is 5.74. The van der Waals surface area contributed by atoms with Crippen LogP contribution in [0.5, 0.6) is 0 Å². The molecule has 102 valence electrons. The second-order valence-electron chi connectivity index (χ2n) is 6.49. The van der Waals surface area contributed by atoms with Crippen LogP contribution in [-0.4, -0.2) is 30.6 Å². The highest BCUT2D eigenvalue weighted by atomic mass is 32.2. The molecule has 1 saturated carbocycles. The van der Waals surface area contributed by atoms with Gasteiger partial charge in [0, 0.05) is 0 Å². The van der Waals surface area contributed by atoms with Gasteiger partial charge in [-0.2, -0.15) is 5.26 Å². The van der Waals surface area contributed by atoms with Crippen LogP contribution < -0.4 is 0 Å². The Bertz CT molecular complexity index is 491. The van der Waals surface area contributed by atoms with Crippen molar-refractivity contribution in [3.63, 3.8) is 0 Å². The van der Waals surface area contributed by atoms with Crippen molar-refractivity contribution < 1.29 is 13.5 Å². The van der Waals surface area contributed by atoms with Gasteiger partial charge in [-0.05, 0) is 24.7 Å². The monoisotopic (exact) mass is 271 g/mol. The van der Waals surface area contributed by atoms with Crippen molar-refractivity contribution in [1.29, 1.82) is 5.26 Å². The predicted octanol–water partition coefficient (Wildman–Crippen LogP) is 1.65. The molecule has 0 radical (unpaired) electrons. The van der Waals surface area contributed by atoms with E-state index < -0.39 is 26.3 Å². The summed E-state index contributed by atoms with van der Waals surface area (Å²) in [7, 11) is -3.19. The first-order chi connectivity index (χ1) is 8.18. The largest absolute Gasteiger partial charge is 0.388 e. The van der Waals surface area contributed by atoms with Crippen LogP contribution in [0, 0.1) is 22.2 Å². The van der Waals surface area contributed by atoms with E-state index in [-0.39, 0.29) is 17.9 Å². The average Bonchev–Trinajstić information content (AvgIpc) is 2.60. The fourth-order valence-electron chi connectivity index (χ4n) is 3.74. The molecule has 1 aliphatic heterocycles. The molecule has 18 heavy (non-hydrogen) atoms. The van der Waals surface area contributed by atoms with Gasteiger partial charge in [0.2, 0.25) is 0 Å². The topological polar surface area (TPSA) is 78.2 Å². The Morgan fingerprint density at radius 3 is 2.22 bits per heavy atom. The smallest absolute Gasteiger partial charge is 0.152 e. The summed E-state index contributed by atoms with van der Waals surface area (Å²) in [6.45, 7) is 3.91. The average molecular weight is 271 g/mol. The molecule has 2 rings (SSSR count). The van der Waals surface area contributed by atoms with Crippen molar-refractivity contribution in [1.82, 2.24) is 0 Å². The molecule has 1 aliphatic carbocycles. The summed E-state index contributed by atoms with van der Waals surface area (Å²) >= 11 is 0. The molecular weight excluding hydrogens is 250 g/mol. The van der Waals surface area contributed by atoms with Crippen LogP contribution in [0.3, 0.4) is 0 Å². The van der Waals surface area contributed by atoms with Crippen LogP contribution in [0.1, 0.15) is 46.0 Å². The van der Waals surface area contributed by atoms with Gasteiger partial charge in [0.05, 0.1) is 23.2 Å². The number of rotatable bonds is 1. The van der Waals surface area contributed by atoms with Gasteiger partial charge in [-0.3, -0.25) is 0 Å². The van der Waals surface area contributed by atoms with Gasteiger partial charge >= 0.3 is 0 Å². The molecule has 0 spiro atoms. The summed E-state index contributed by atoms with van der Waals surface area (Å²) in [5, 5.41) is 20.6. The summed E-state index contributed by atoms with van der Waals surface area (Å²) in [5.74, 6) is -0.157. The normalized spacial score (nSPS) is 42.3. The summed E-state index contributed by atoms with van der Waals surface area (Å²) in [6, 6.07) is 2.17. The number of hydrogen-bond acceptors (Lipinski definition) is 4. The van der Waals surface area contributed by atoms with Crippen LogP contribution in [0.25, 0.3) is 0 Å². The molecule has 0 aromatic carbocycles. The predicted molar refractivity (Wildman–Crippen MR) is 68.5 cm³/mol. The third kappa shape index (κ3) is 1.78. The highest BCUT2D eigenvalue weighted by Crippen LogP contribution is 2.56. The van der Waals surface area contributed by atoms with E-state index >= 15 is 0 Å². The van der Waals surface area contributed by atoms with E-state index in [4.69, 9.17) is 0 Å². The molecule has 1 N–H and O–H groups in total. The van der Waals surface area contributed by atoms with E-state index in [9.17, 15) is 18.8 Å². The lowest BCUT2D eigenvalue weighted by molar-refractivity contribution is -0.156. The molecule has 0 aromatic rings. The molecule has 0 aromatic heterocycles. The molecule has 2 unspecified atom stereocenters. The van der Waals surface area contributed by atoms with E-state index in [0.717, 1.165) is 19.3 Å². The lowest BCUT2D eigenvalue weighted by Crippen LogP contribution is -2.59. The second kappa shape index (κ2) is 3.94. The summed E-state index contributed by atoms with van der Waals surface area (Å²) in [6.07, 6.45) is 3.54. The third-order valence-corrected chi connectivity index (χ3v) is 6.78. The molecule has 0 bridgehead atoms. The Morgan fingerprint density at radius 2 is 1.78 bits per heavy atom. The van der Waals surface area contributed by atoms with Crippen molar-refractivity contribution in [2.45, 2.75) is 51.6 Å². The minimum atomic E-state index is -3.19. The number of nitrogens with zero attached hydrogens (tertiary/aromatic N) is 1.